The zero-order valence-electron chi connectivity index (χ0n) is 17.8. The van der Waals surface area contributed by atoms with Gasteiger partial charge in [-0.2, -0.15) is 10.1 Å². The molecule has 2 aromatic carbocycles. The lowest BCUT2D eigenvalue weighted by molar-refractivity contribution is 0.149. The first-order chi connectivity index (χ1) is 15.1. The van der Waals surface area contributed by atoms with Crippen LogP contribution in [-0.4, -0.2) is 36.7 Å². The number of nitrogens with zero attached hydrogens (tertiary/aromatic N) is 3. The SMILES string of the molecule is CCCOc1c/c(=N\C(=O)OCc2ccc(OC)c(OC)c2)cnn1-c1ccccc1. The molecule has 0 fully saturated rings. The molecule has 0 N–H and O–H groups in total. The van der Waals surface area contributed by atoms with Gasteiger partial charge in [0.05, 0.1) is 38.1 Å². The van der Waals surface area contributed by atoms with Gasteiger partial charge in [-0.25, -0.2) is 9.48 Å². The van der Waals surface area contributed by atoms with Crippen molar-refractivity contribution in [3.8, 4) is 23.1 Å². The number of carbonyl (C=O) groups is 1. The highest BCUT2D eigenvalue weighted by Crippen LogP contribution is 2.27. The van der Waals surface area contributed by atoms with E-state index in [-0.39, 0.29) is 6.61 Å². The summed E-state index contributed by atoms with van der Waals surface area (Å²) in [5.74, 6) is 1.65. The maximum absolute atomic E-state index is 12.2. The molecule has 0 unspecified atom stereocenters. The van der Waals surface area contributed by atoms with Crippen molar-refractivity contribution in [3.63, 3.8) is 0 Å². The van der Waals surface area contributed by atoms with Gasteiger partial charge in [0.25, 0.3) is 0 Å². The van der Waals surface area contributed by atoms with Crippen LogP contribution in [0, 0.1) is 0 Å². The molecule has 3 rings (SSSR count). The first kappa shape index (κ1) is 21.9. The van der Waals surface area contributed by atoms with Crippen LogP contribution in [0.4, 0.5) is 4.79 Å². The number of hydrogen-bond acceptors (Lipinski definition) is 6. The average Bonchev–Trinajstić information content (AvgIpc) is 2.81. The Morgan fingerprint density at radius 1 is 1.03 bits per heavy atom. The lowest BCUT2D eigenvalue weighted by atomic mass is 10.2. The van der Waals surface area contributed by atoms with Crippen LogP contribution in [0.5, 0.6) is 17.4 Å². The molecule has 0 aliphatic rings. The van der Waals surface area contributed by atoms with Crippen LogP contribution in [-0.2, 0) is 11.3 Å². The Morgan fingerprint density at radius 3 is 2.52 bits per heavy atom. The van der Waals surface area contributed by atoms with Crippen LogP contribution < -0.4 is 19.6 Å². The Balaban J connectivity index is 1.77. The van der Waals surface area contributed by atoms with Crippen LogP contribution in [0.3, 0.4) is 0 Å². The number of methoxy groups -OCH3 is 2. The van der Waals surface area contributed by atoms with Gasteiger partial charge in [0.1, 0.15) is 6.61 Å². The molecule has 0 aliphatic heterocycles. The average molecular weight is 423 g/mol. The monoisotopic (exact) mass is 423 g/mol. The van der Waals surface area contributed by atoms with Gasteiger partial charge in [0.2, 0.25) is 5.88 Å². The number of benzene rings is 2. The summed E-state index contributed by atoms with van der Waals surface area (Å²) in [4.78, 5) is 16.2. The number of aromatic nitrogens is 2. The zero-order valence-corrected chi connectivity index (χ0v) is 17.8. The molecule has 1 aromatic heterocycles. The van der Waals surface area contributed by atoms with Crippen LogP contribution in [0.2, 0.25) is 0 Å². The van der Waals surface area contributed by atoms with E-state index in [1.54, 1.807) is 43.2 Å². The predicted molar refractivity (Wildman–Crippen MR) is 115 cm³/mol. The number of ether oxygens (including phenoxy) is 4. The van der Waals surface area contributed by atoms with Gasteiger partial charge >= 0.3 is 6.09 Å². The molecule has 162 valence electrons. The second kappa shape index (κ2) is 10.8. The smallest absolute Gasteiger partial charge is 0.434 e. The topological polar surface area (TPSA) is 84.2 Å². The fraction of sp³-hybridized carbons (Fsp3) is 0.261. The summed E-state index contributed by atoms with van der Waals surface area (Å²) >= 11 is 0. The van der Waals surface area contributed by atoms with Gasteiger partial charge < -0.3 is 18.9 Å². The molecule has 0 atom stereocenters. The molecule has 8 heteroatoms. The first-order valence-electron chi connectivity index (χ1n) is 9.84. The van der Waals surface area contributed by atoms with Crippen molar-refractivity contribution in [2.75, 3.05) is 20.8 Å². The van der Waals surface area contributed by atoms with Crippen molar-refractivity contribution in [3.05, 3.63) is 71.7 Å². The van der Waals surface area contributed by atoms with Gasteiger partial charge in [-0.1, -0.05) is 31.2 Å². The minimum atomic E-state index is -0.726. The van der Waals surface area contributed by atoms with Crippen molar-refractivity contribution < 1.29 is 23.7 Å². The molecule has 0 aliphatic carbocycles. The van der Waals surface area contributed by atoms with Crippen LogP contribution >= 0.6 is 0 Å². The summed E-state index contributed by atoms with van der Waals surface area (Å²) in [6.07, 6.45) is 1.60. The van der Waals surface area contributed by atoms with Crippen LogP contribution in [0.25, 0.3) is 5.69 Å². The highest BCUT2D eigenvalue weighted by Gasteiger charge is 2.08. The Hall–Kier alpha value is -3.81. The molecule has 8 nitrogen and oxygen atoms in total. The molecule has 1 heterocycles. The molecule has 0 saturated carbocycles. The molecular formula is C23H25N3O5. The zero-order chi connectivity index (χ0) is 22.1. The second-order valence-corrected chi connectivity index (χ2v) is 6.50. The van der Waals surface area contributed by atoms with E-state index in [2.05, 4.69) is 10.1 Å². The Morgan fingerprint density at radius 2 is 1.81 bits per heavy atom. The summed E-state index contributed by atoms with van der Waals surface area (Å²) in [7, 11) is 3.11. The summed E-state index contributed by atoms with van der Waals surface area (Å²) in [6.45, 7) is 2.58. The van der Waals surface area contributed by atoms with Gasteiger partial charge in [-0.05, 0) is 36.2 Å². The maximum Gasteiger partial charge on any atom is 0.434 e. The quantitative estimate of drug-likeness (QED) is 0.546. The highest BCUT2D eigenvalue weighted by atomic mass is 16.5. The minimum absolute atomic E-state index is 0.0478. The Bertz CT molecular complexity index is 1080. The molecule has 1 amide bonds. The van der Waals surface area contributed by atoms with E-state index in [1.807, 2.05) is 37.3 Å². The van der Waals surface area contributed by atoms with Gasteiger partial charge in [0.15, 0.2) is 11.5 Å². The number of hydrogen-bond donors (Lipinski definition) is 0. The van der Waals surface area contributed by atoms with Gasteiger partial charge in [-0.15, -0.1) is 0 Å². The van der Waals surface area contributed by atoms with Crippen LogP contribution in [0.1, 0.15) is 18.9 Å². The molecule has 3 aromatic rings. The van der Waals surface area contributed by atoms with Gasteiger partial charge in [0, 0.05) is 6.07 Å². The third kappa shape index (κ3) is 5.85. The third-order valence-electron chi connectivity index (χ3n) is 4.27. The molecule has 0 saturated heterocycles. The van der Waals surface area contributed by atoms with E-state index in [9.17, 15) is 4.79 Å². The minimum Gasteiger partial charge on any atom is -0.493 e. The van der Waals surface area contributed by atoms with Crippen molar-refractivity contribution in [1.82, 2.24) is 9.78 Å². The first-order valence-corrected chi connectivity index (χ1v) is 9.84. The molecule has 0 bridgehead atoms. The summed E-state index contributed by atoms with van der Waals surface area (Å²) in [6, 6.07) is 16.5. The number of rotatable bonds is 8. The maximum atomic E-state index is 12.2. The number of para-hydroxylation sites is 1. The summed E-state index contributed by atoms with van der Waals surface area (Å²) in [5, 5.41) is 4.72. The lowest BCUT2D eigenvalue weighted by Gasteiger charge is -2.12. The van der Waals surface area contributed by atoms with Crippen molar-refractivity contribution >= 4 is 6.09 Å². The second-order valence-electron chi connectivity index (χ2n) is 6.50. The van der Waals surface area contributed by atoms with Crippen molar-refractivity contribution in [2.45, 2.75) is 20.0 Å². The van der Waals surface area contributed by atoms with Crippen molar-refractivity contribution in [2.24, 2.45) is 4.99 Å². The molecule has 0 radical (unpaired) electrons. The Kier molecular flexibility index (Phi) is 7.64. The summed E-state index contributed by atoms with van der Waals surface area (Å²) in [5.41, 5.74) is 1.59. The summed E-state index contributed by atoms with van der Waals surface area (Å²) < 4.78 is 23.2. The third-order valence-corrected chi connectivity index (χ3v) is 4.27. The van der Waals surface area contributed by atoms with E-state index in [1.165, 1.54) is 6.20 Å². The van der Waals surface area contributed by atoms with Crippen LogP contribution in [0.15, 0.2) is 65.8 Å². The number of carbonyl (C=O) groups excluding carboxylic acids is 1. The highest BCUT2D eigenvalue weighted by molar-refractivity contribution is 5.68. The lowest BCUT2D eigenvalue weighted by Crippen LogP contribution is -2.16. The number of amides is 1. The fourth-order valence-corrected chi connectivity index (χ4v) is 2.79. The molecular weight excluding hydrogens is 398 g/mol. The van der Waals surface area contributed by atoms with E-state index in [0.29, 0.717) is 29.3 Å². The van der Waals surface area contributed by atoms with E-state index < -0.39 is 6.09 Å². The van der Waals surface area contributed by atoms with E-state index in [0.717, 1.165) is 17.7 Å². The predicted octanol–water partition coefficient (Wildman–Crippen LogP) is 3.92. The van der Waals surface area contributed by atoms with E-state index in [4.69, 9.17) is 18.9 Å². The van der Waals surface area contributed by atoms with Crippen molar-refractivity contribution in [1.29, 1.82) is 0 Å². The van der Waals surface area contributed by atoms with Gasteiger partial charge in [-0.3, -0.25) is 0 Å². The standard InChI is InChI=1S/C23H25N3O5/c1-4-12-30-22-14-18(15-24-26(22)19-8-6-5-7-9-19)25-23(27)31-16-17-10-11-20(28-2)21(13-17)29-3/h5-11,13-15H,4,12,16H2,1-3H3/b25-18+. The molecule has 31 heavy (non-hydrogen) atoms. The molecule has 0 spiro atoms. The van der Waals surface area contributed by atoms with E-state index >= 15 is 0 Å². The Labute approximate surface area is 180 Å². The normalized spacial score (nSPS) is 11.1. The fourth-order valence-electron chi connectivity index (χ4n) is 2.79. The largest absolute Gasteiger partial charge is 0.493 e.